The number of nitro benzene ring substituents is 1. The van der Waals surface area contributed by atoms with Gasteiger partial charge in [-0.3, -0.25) is 14.7 Å². The average molecular weight is 340 g/mol. The molecule has 0 spiro atoms. The number of aryl methyl sites for hydroxylation is 2. The molecule has 0 bridgehead atoms. The third-order valence-corrected chi connectivity index (χ3v) is 4.22. The molecule has 0 saturated heterocycles. The first-order valence-electron chi connectivity index (χ1n) is 6.39. The van der Waals surface area contributed by atoms with Crippen LogP contribution in [0.1, 0.15) is 11.1 Å². The molecule has 0 saturated carbocycles. The number of benzene rings is 2. The van der Waals surface area contributed by atoms with Gasteiger partial charge >= 0.3 is 0 Å². The highest BCUT2D eigenvalue weighted by atomic mass is 32.2. The minimum Gasteiger partial charge on any atom is -0.350 e. The van der Waals surface area contributed by atoms with E-state index in [9.17, 15) is 22.9 Å². The lowest BCUT2D eigenvalue weighted by Crippen LogP contribution is -2.03. The molecule has 2 rings (SSSR count). The number of nitro groups is 1. The summed E-state index contributed by atoms with van der Waals surface area (Å²) in [6.45, 7) is 2.87. The summed E-state index contributed by atoms with van der Waals surface area (Å²) in [5, 5.41) is 13.7. The first-order valence-corrected chi connectivity index (χ1v) is 7.83. The van der Waals surface area contributed by atoms with Crippen molar-refractivity contribution in [2.45, 2.75) is 18.7 Å². The molecule has 0 fully saturated rings. The van der Waals surface area contributed by atoms with Crippen LogP contribution >= 0.6 is 0 Å². The van der Waals surface area contributed by atoms with Crippen LogP contribution in [0.3, 0.4) is 0 Å². The first kappa shape index (κ1) is 16.8. The number of anilines is 2. The van der Waals surface area contributed by atoms with Crippen LogP contribution in [0.5, 0.6) is 0 Å². The van der Waals surface area contributed by atoms with Crippen molar-refractivity contribution in [1.82, 2.24) is 0 Å². The van der Waals surface area contributed by atoms with E-state index in [1.165, 1.54) is 26.0 Å². The minimum absolute atomic E-state index is 0.0582. The third-order valence-electron chi connectivity index (χ3n) is 3.21. The van der Waals surface area contributed by atoms with Crippen molar-refractivity contribution in [3.63, 3.8) is 0 Å². The minimum atomic E-state index is -4.35. The average Bonchev–Trinajstić information content (AvgIpc) is 2.41. The van der Waals surface area contributed by atoms with Crippen molar-refractivity contribution in [3.8, 4) is 0 Å². The van der Waals surface area contributed by atoms with Gasteiger partial charge in [-0.25, -0.2) is 4.39 Å². The van der Waals surface area contributed by atoms with Gasteiger partial charge in [0.25, 0.3) is 15.8 Å². The van der Waals surface area contributed by atoms with E-state index >= 15 is 0 Å². The molecule has 0 atom stereocenters. The summed E-state index contributed by atoms with van der Waals surface area (Å²) in [7, 11) is -4.35. The van der Waals surface area contributed by atoms with E-state index in [2.05, 4.69) is 5.32 Å². The smallest absolute Gasteiger partial charge is 0.294 e. The zero-order valence-electron chi connectivity index (χ0n) is 12.2. The van der Waals surface area contributed by atoms with Crippen molar-refractivity contribution in [1.29, 1.82) is 0 Å². The van der Waals surface area contributed by atoms with E-state index in [1.54, 1.807) is 0 Å². The Morgan fingerprint density at radius 1 is 1.17 bits per heavy atom. The SMILES string of the molecule is Cc1cc([N+](=O)[O-])c(Nc2ccc(S(=O)(=O)O)c(C)c2)cc1F. The quantitative estimate of drug-likeness (QED) is 0.502. The van der Waals surface area contributed by atoms with Crippen LogP contribution in [0.4, 0.5) is 21.5 Å². The molecule has 0 aromatic heterocycles. The molecule has 0 aliphatic carbocycles. The van der Waals surface area contributed by atoms with Gasteiger partial charge < -0.3 is 5.32 Å². The Morgan fingerprint density at radius 2 is 1.83 bits per heavy atom. The molecule has 0 heterocycles. The standard InChI is InChI=1S/C14H13FN2O5S/c1-8-6-13(17(18)19)12(7-11(8)15)16-10-3-4-14(9(2)5-10)23(20,21)22/h3-7,16H,1-2H3,(H,20,21,22). The van der Waals surface area contributed by atoms with Gasteiger partial charge in [0.2, 0.25) is 0 Å². The van der Waals surface area contributed by atoms with E-state index in [-0.39, 0.29) is 27.4 Å². The first-order chi connectivity index (χ1) is 10.6. The van der Waals surface area contributed by atoms with Gasteiger partial charge in [0, 0.05) is 17.8 Å². The summed E-state index contributed by atoms with van der Waals surface area (Å²) in [5.41, 5.74) is 0.339. The predicted octanol–water partition coefficient (Wildman–Crippen LogP) is 3.34. The lowest BCUT2D eigenvalue weighted by atomic mass is 10.1. The van der Waals surface area contributed by atoms with E-state index in [1.807, 2.05) is 0 Å². The maximum absolute atomic E-state index is 13.7. The van der Waals surface area contributed by atoms with Crippen LogP contribution in [-0.4, -0.2) is 17.9 Å². The largest absolute Gasteiger partial charge is 0.350 e. The Bertz CT molecular complexity index is 896. The molecule has 2 N–H and O–H groups in total. The Hall–Kier alpha value is -2.52. The lowest BCUT2D eigenvalue weighted by molar-refractivity contribution is -0.384. The molecule has 23 heavy (non-hydrogen) atoms. The zero-order chi connectivity index (χ0) is 17.4. The van der Waals surface area contributed by atoms with Crippen molar-refractivity contribution in [2.24, 2.45) is 0 Å². The molecule has 2 aromatic rings. The summed E-state index contributed by atoms with van der Waals surface area (Å²) < 4.78 is 45.0. The molecule has 0 aliphatic heterocycles. The Kier molecular flexibility index (Phi) is 4.35. The molecule has 0 aliphatic rings. The number of nitrogens with zero attached hydrogens (tertiary/aromatic N) is 1. The number of rotatable bonds is 4. The van der Waals surface area contributed by atoms with E-state index in [4.69, 9.17) is 4.55 Å². The van der Waals surface area contributed by atoms with Gasteiger partial charge in [-0.05, 0) is 43.2 Å². The number of halogens is 1. The Balaban J connectivity index is 2.46. The van der Waals surface area contributed by atoms with Gasteiger partial charge in [0.05, 0.1) is 9.82 Å². The molecule has 122 valence electrons. The second-order valence-electron chi connectivity index (χ2n) is 4.96. The van der Waals surface area contributed by atoms with Crippen LogP contribution in [0.15, 0.2) is 35.2 Å². The Labute approximate surface area is 131 Å². The van der Waals surface area contributed by atoms with Crippen LogP contribution in [0, 0.1) is 29.8 Å². The second kappa shape index (κ2) is 5.94. The lowest BCUT2D eigenvalue weighted by Gasteiger charge is -2.10. The van der Waals surface area contributed by atoms with Crippen molar-refractivity contribution >= 4 is 27.2 Å². The fraction of sp³-hybridized carbons (Fsp3) is 0.143. The van der Waals surface area contributed by atoms with Crippen LogP contribution in [-0.2, 0) is 10.1 Å². The molecular formula is C14H13FN2O5S. The maximum atomic E-state index is 13.7. The van der Waals surface area contributed by atoms with E-state index < -0.39 is 20.9 Å². The van der Waals surface area contributed by atoms with Crippen molar-refractivity contribution in [3.05, 3.63) is 57.4 Å². The zero-order valence-corrected chi connectivity index (χ0v) is 13.0. The normalized spacial score (nSPS) is 11.3. The molecule has 0 unspecified atom stereocenters. The van der Waals surface area contributed by atoms with Gasteiger partial charge in [0.15, 0.2) is 0 Å². The van der Waals surface area contributed by atoms with Crippen molar-refractivity contribution < 1.29 is 22.3 Å². The summed E-state index contributed by atoms with van der Waals surface area (Å²) in [4.78, 5) is 10.1. The monoisotopic (exact) mass is 340 g/mol. The highest BCUT2D eigenvalue weighted by Crippen LogP contribution is 2.31. The molecule has 9 heteroatoms. The summed E-state index contributed by atoms with van der Waals surface area (Å²) in [6.07, 6.45) is 0. The molecule has 0 amide bonds. The number of hydrogen-bond donors (Lipinski definition) is 2. The molecule has 7 nitrogen and oxygen atoms in total. The fourth-order valence-electron chi connectivity index (χ4n) is 2.09. The topological polar surface area (TPSA) is 110 Å². The van der Waals surface area contributed by atoms with Gasteiger partial charge in [-0.2, -0.15) is 8.42 Å². The Morgan fingerprint density at radius 3 is 2.35 bits per heavy atom. The second-order valence-corrected chi connectivity index (χ2v) is 6.35. The van der Waals surface area contributed by atoms with E-state index in [0.717, 1.165) is 18.2 Å². The third kappa shape index (κ3) is 3.63. The highest BCUT2D eigenvalue weighted by Gasteiger charge is 2.18. The van der Waals surface area contributed by atoms with Gasteiger partial charge in [-0.1, -0.05) is 0 Å². The van der Waals surface area contributed by atoms with Crippen LogP contribution in [0.2, 0.25) is 0 Å². The fourth-order valence-corrected chi connectivity index (χ4v) is 2.80. The molecule has 0 radical (unpaired) electrons. The van der Waals surface area contributed by atoms with Crippen LogP contribution in [0.25, 0.3) is 0 Å². The molecule has 2 aromatic carbocycles. The van der Waals surface area contributed by atoms with Gasteiger partial charge in [-0.15, -0.1) is 0 Å². The van der Waals surface area contributed by atoms with E-state index in [0.29, 0.717) is 5.69 Å². The number of nitrogens with one attached hydrogen (secondary N) is 1. The van der Waals surface area contributed by atoms with Crippen LogP contribution < -0.4 is 5.32 Å². The predicted molar refractivity (Wildman–Crippen MR) is 82.1 cm³/mol. The summed E-state index contributed by atoms with van der Waals surface area (Å²) in [6, 6.07) is 5.96. The summed E-state index contributed by atoms with van der Waals surface area (Å²) >= 11 is 0. The van der Waals surface area contributed by atoms with Crippen molar-refractivity contribution in [2.75, 3.05) is 5.32 Å². The number of hydrogen-bond acceptors (Lipinski definition) is 5. The highest BCUT2D eigenvalue weighted by molar-refractivity contribution is 7.85. The maximum Gasteiger partial charge on any atom is 0.294 e. The molecular weight excluding hydrogens is 327 g/mol. The summed E-state index contributed by atoms with van der Waals surface area (Å²) in [5.74, 6) is -0.607. The van der Waals surface area contributed by atoms with Gasteiger partial charge in [0.1, 0.15) is 11.5 Å².